The minimum Gasteiger partial charge on any atom is -0.480 e. The minimum absolute atomic E-state index is 0.0569. The maximum atomic E-state index is 13.9. The van der Waals surface area contributed by atoms with Gasteiger partial charge in [-0.3, -0.25) is 19.4 Å². The van der Waals surface area contributed by atoms with E-state index in [4.69, 9.17) is 9.52 Å². The van der Waals surface area contributed by atoms with Crippen molar-refractivity contribution in [2.45, 2.75) is 31.2 Å². The lowest BCUT2D eigenvalue weighted by Gasteiger charge is -2.12. The zero-order valence-corrected chi connectivity index (χ0v) is 24.4. The molecule has 0 aliphatic heterocycles. The van der Waals surface area contributed by atoms with Gasteiger partial charge in [0, 0.05) is 45.4 Å². The summed E-state index contributed by atoms with van der Waals surface area (Å²) < 4.78 is 23.3. The Kier molecular flexibility index (Phi) is 10.2. The second kappa shape index (κ2) is 14.2. The van der Waals surface area contributed by atoms with Crippen molar-refractivity contribution < 1.29 is 28.1 Å². The average Bonchev–Trinajstić information content (AvgIpc) is 3.45. The first-order valence-electron chi connectivity index (χ1n) is 13.4. The molecule has 2 aromatic heterocycles. The highest BCUT2D eigenvalue weighted by molar-refractivity contribution is 7.94. The van der Waals surface area contributed by atoms with Crippen LogP contribution < -0.4 is 10.6 Å². The van der Waals surface area contributed by atoms with E-state index in [1.54, 1.807) is 67.6 Å². The number of pyridine rings is 1. The molecule has 0 saturated heterocycles. The van der Waals surface area contributed by atoms with Gasteiger partial charge >= 0.3 is 5.97 Å². The lowest BCUT2D eigenvalue weighted by molar-refractivity contribution is -0.138. The summed E-state index contributed by atoms with van der Waals surface area (Å²) in [5, 5.41) is 14.7. The molecule has 2 heterocycles. The summed E-state index contributed by atoms with van der Waals surface area (Å²) in [6, 6.07) is 18.0. The van der Waals surface area contributed by atoms with Crippen LogP contribution in [0.4, 0.5) is 5.69 Å². The Hall–Kier alpha value is -5.05. The molecule has 3 N–H and O–H groups in total. The summed E-state index contributed by atoms with van der Waals surface area (Å²) >= 11 is 0. The highest BCUT2D eigenvalue weighted by Crippen LogP contribution is 2.18. The van der Waals surface area contributed by atoms with Crippen LogP contribution in [0.15, 0.2) is 99.1 Å². The summed E-state index contributed by atoms with van der Waals surface area (Å²) in [7, 11) is -3.15. The minimum atomic E-state index is -3.15. The summed E-state index contributed by atoms with van der Waals surface area (Å²) in [6.45, 7) is 3.59. The van der Waals surface area contributed by atoms with E-state index in [0.29, 0.717) is 34.7 Å². The van der Waals surface area contributed by atoms with Gasteiger partial charge in [0.1, 0.15) is 6.04 Å². The molecule has 0 aliphatic rings. The van der Waals surface area contributed by atoms with Gasteiger partial charge in [-0.25, -0.2) is 4.21 Å². The van der Waals surface area contributed by atoms with E-state index in [1.807, 2.05) is 0 Å². The number of carbonyl (C=O) groups excluding carboxylic acids is 2. The number of hydrogen-bond donors (Lipinski definition) is 3. The van der Waals surface area contributed by atoms with Crippen molar-refractivity contribution in [2.75, 3.05) is 17.6 Å². The number of amides is 2. The normalized spacial score (nSPS) is 12.7. The molecule has 2 aromatic carbocycles. The smallest absolute Gasteiger partial charge is 0.320 e. The Labute approximate surface area is 249 Å². The van der Waals surface area contributed by atoms with Crippen LogP contribution in [0.25, 0.3) is 0 Å². The van der Waals surface area contributed by atoms with Gasteiger partial charge in [-0.15, -0.1) is 0 Å². The standard InChI is InChI=1S/C32H30N4O6S/c1-22-14-16-42-29(22)31(38)35-27-9-6-8-24(19-27)12-13-25-18-26(21-33-20-25)30(37)36-43(41,28-10-4-3-5-11-28)17-7-15-34-23(2)32(39)40/h3-6,8-11,14,16,18-21,23,34H,7,15,17H2,1-2H3,(H,35,38)(H,39,40). The van der Waals surface area contributed by atoms with Crippen molar-refractivity contribution in [3.8, 4) is 11.8 Å². The van der Waals surface area contributed by atoms with Crippen molar-refractivity contribution in [1.29, 1.82) is 0 Å². The monoisotopic (exact) mass is 598 g/mol. The molecule has 0 saturated carbocycles. The van der Waals surface area contributed by atoms with Gasteiger partial charge in [0.25, 0.3) is 11.8 Å². The van der Waals surface area contributed by atoms with E-state index in [9.17, 15) is 18.6 Å². The predicted molar refractivity (Wildman–Crippen MR) is 162 cm³/mol. The molecule has 11 heteroatoms. The van der Waals surface area contributed by atoms with Gasteiger partial charge in [0.05, 0.1) is 21.6 Å². The number of carbonyl (C=O) groups is 3. The molecule has 0 spiro atoms. The Morgan fingerprint density at radius 1 is 1.02 bits per heavy atom. The van der Waals surface area contributed by atoms with Gasteiger partial charge in [-0.05, 0) is 69.3 Å². The van der Waals surface area contributed by atoms with Gasteiger partial charge in [0.15, 0.2) is 5.76 Å². The molecule has 43 heavy (non-hydrogen) atoms. The highest BCUT2D eigenvalue weighted by atomic mass is 32.2. The number of furan rings is 1. The Morgan fingerprint density at radius 2 is 1.79 bits per heavy atom. The molecule has 4 aromatic rings. The van der Waals surface area contributed by atoms with Crippen LogP contribution in [-0.4, -0.2) is 50.4 Å². The van der Waals surface area contributed by atoms with Gasteiger partial charge in [-0.2, -0.15) is 4.36 Å². The number of aryl methyl sites for hydroxylation is 1. The molecular weight excluding hydrogens is 568 g/mol. The maximum absolute atomic E-state index is 13.9. The molecule has 4 rings (SSSR count). The molecule has 2 unspecified atom stereocenters. The first kappa shape index (κ1) is 30.9. The number of aromatic nitrogens is 1. The number of benzene rings is 2. The summed E-state index contributed by atoms with van der Waals surface area (Å²) in [6.07, 6.45) is 4.63. The van der Waals surface area contributed by atoms with Crippen LogP contribution in [0, 0.1) is 18.8 Å². The summed E-state index contributed by atoms with van der Waals surface area (Å²) in [4.78, 5) is 41.2. The van der Waals surface area contributed by atoms with E-state index in [2.05, 4.69) is 31.8 Å². The Morgan fingerprint density at radius 3 is 2.51 bits per heavy atom. The first-order valence-corrected chi connectivity index (χ1v) is 15.1. The van der Waals surface area contributed by atoms with Crippen molar-refractivity contribution >= 4 is 33.2 Å². The number of rotatable bonds is 10. The quantitative estimate of drug-likeness (QED) is 0.175. The summed E-state index contributed by atoms with van der Waals surface area (Å²) in [5.41, 5.74) is 2.46. The van der Waals surface area contributed by atoms with Crippen LogP contribution in [0.5, 0.6) is 0 Å². The van der Waals surface area contributed by atoms with E-state index in [0.717, 1.165) is 5.56 Å². The molecule has 0 bridgehead atoms. The van der Waals surface area contributed by atoms with Gasteiger partial charge in [-0.1, -0.05) is 36.1 Å². The molecule has 2 atom stereocenters. The lowest BCUT2D eigenvalue weighted by Crippen LogP contribution is -2.34. The number of nitrogens with one attached hydrogen (secondary N) is 2. The molecular formula is C32H30N4O6S. The third-order valence-electron chi connectivity index (χ3n) is 6.29. The van der Waals surface area contributed by atoms with Crippen LogP contribution in [-0.2, 0) is 14.5 Å². The zero-order valence-electron chi connectivity index (χ0n) is 23.6. The molecule has 2 amide bonds. The molecule has 0 aliphatic carbocycles. The van der Waals surface area contributed by atoms with Gasteiger partial charge < -0.3 is 20.2 Å². The fourth-order valence-corrected chi connectivity index (χ4v) is 5.87. The molecule has 0 radical (unpaired) electrons. The average molecular weight is 599 g/mol. The largest absolute Gasteiger partial charge is 0.480 e. The van der Waals surface area contributed by atoms with Crippen molar-refractivity contribution in [3.63, 3.8) is 0 Å². The fourth-order valence-electron chi connectivity index (χ4n) is 3.95. The molecule has 10 nitrogen and oxygen atoms in total. The topological polar surface area (TPSA) is 151 Å². The number of nitrogens with zero attached hydrogens (tertiary/aromatic N) is 2. The molecule has 0 fully saturated rings. The highest BCUT2D eigenvalue weighted by Gasteiger charge is 2.18. The Balaban J connectivity index is 1.51. The zero-order chi connectivity index (χ0) is 30.8. The first-order chi connectivity index (χ1) is 20.6. The van der Waals surface area contributed by atoms with Crippen molar-refractivity contribution in [1.82, 2.24) is 10.3 Å². The van der Waals surface area contributed by atoms with E-state index in [-0.39, 0.29) is 23.0 Å². The summed E-state index contributed by atoms with van der Waals surface area (Å²) in [5.74, 6) is 4.20. The van der Waals surface area contributed by atoms with Crippen molar-refractivity contribution in [2.24, 2.45) is 4.36 Å². The second-order valence-corrected chi connectivity index (χ2v) is 11.9. The third-order valence-corrected chi connectivity index (χ3v) is 8.60. The van der Waals surface area contributed by atoms with Crippen LogP contribution in [0.3, 0.4) is 0 Å². The number of anilines is 1. The van der Waals surface area contributed by atoms with E-state index in [1.165, 1.54) is 31.6 Å². The van der Waals surface area contributed by atoms with Crippen LogP contribution in [0.1, 0.15) is 50.9 Å². The number of aliphatic carboxylic acids is 1. The number of carboxylic acids is 1. The lowest BCUT2D eigenvalue weighted by atomic mass is 10.1. The van der Waals surface area contributed by atoms with Gasteiger partial charge in [0.2, 0.25) is 0 Å². The van der Waals surface area contributed by atoms with Crippen LogP contribution >= 0.6 is 0 Å². The van der Waals surface area contributed by atoms with Crippen LogP contribution in [0.2, 0.25) is 0 Å². The Bertz CT molecular complexity index is 1810. The SMILES string of the molecule is Cc1ccoc1C(=O)Nc1cccc(C#Cc2cncc(C(=O)N=S(=O)(CCCNC(C)C(=O)O)c3ccccc3)c2)c1. The number of carboxylic acid groups (broad SMARTS) is 1. The predicted octanol–water partition coefficient (Wildman–Crippen LogP) is 4.76. The molecule has 220 valence electrons. The van der Waals surface area contributed by atoms with E-state index >= 15 is 0 Å². The number of hydrogen-bond acceptors (Lipinski definition) is 7. The second-order valence-electron chi connectivity index (χ2n) is 9.60. The van der Waals surface area contributed by atoms with Crippen molar-refractivity contribution in [3.05, 3.63) is 113 Å². The van der Waals surface area contributed by atoms with E-state index < -0.39 is 27.6 Å². The maximum Gasteiger partial charge on any atom is 0.320 e. The fraction of sp³-hybridized carbons (Fsp3) is 0.188. The third kappa shape index (κ3) is 8.48.